The second kappa shape index (κ2) is 8.15. The second-order valence-electron chi connectivity index (χ2n) is 5.57. The van der Waals surface area contributed by atoms with E-state index in [1.165, 1.54) is 0 Å². The number of rotatable bonds is 6. The Morgan fingerprint density at radius 1 is 0.840 bits per heavy atom. The molecule has 128 valence electrons. The lowest BCUT2D eigenvalue weighted by molar-refractivity contribution is 0.303. The number of anilines is 1. The summed E-state index contributed by atoms with van der Waals surface area (Å²) in [7, 11) is 0. The van der Waals surface area contributed by atoms with Crippen LogP contribution in [0.15, 0.2) is 66.7 Å². The van der Waals surface area contributed by atoms with Gasteiger partial charge in [0.15, 0.2) is 0 Å². The topological polar surface area (TPSA) is 41.5 Å². The van der Waals surface area contributed by atoms with Crippen molar-refractivity contribution in [1.29, 1.82) is 0 Å². The first kappa shape index (κ1) is 17.5. The largest absolute Gasteiger partial charge is 0.508 e. The Hall–Kier alpha value is -2.36. The van der Waals surface area contributed by atoms with Gasteiger partial charge in [-0.2, -0.15) is 0 Å². The molecule has 3 aromatic carbocycles. The van der Waals surface area contributed by atoms with Crippen LogP contribution in [-0.4, -0.2) is 5.11 Å². The lowest BCUT2D eigenvalue weighted by Crippen LogP contribution is -2.03. The van der Waals surface area contributed by atoms with E-state index >= 15 is 0 Å². The van der Waals surface area contributed by atoms with E-state index in [-0.39, 0.29) is 5.75 Å². The Bertz CT molecular complexity index is 833. The van der Waals surface area contributed by atoms with Crippen molar-refractivity contribution in [3.05, 3.63) is 87.9 Å². The van der Waals surface area contributed by atoms with Gasteiger partial charge in [-0.3, -0.25) is 0 Å². The third-order valence-electron chi connectivity index (χ3n) is 3.68. The van der Waals surface area contributed by atoms with Gasteiger partial charge < -0.3 is 15.2 Å². The monoisotopic (exact) mass is 373 g/mol. The average molecular weight is 374 g/mol. The van der Waals surface area contributed by atoms with Crippen LogP contribution in [0, 0.1) is 0 Å². The normalized spacial score (nSPS) is 10.5. The molecular formula is C20H17Cl2NO2. The van der Waals surface area contributed by atoms with Crippen LogP contribution in [0.2, 0.25) is 10.0 Å². The molecule has 0 aliphatic rings. The standard InChI is InChI=1S/C20H17Cl2NO2/c21-16-3-1-14(2-4-16)13-25-20-10-5-17(22)11-15(20)12-23-18-6-8-19(24)9-7-18/h1-11,23-24H,12-13H2. The van der Waals surface area contributed by atoms with Gasteiger partial charge in [0.25, 0.3) is 0 Å². The van der Waals surface area contributed by atoms with Crippen molar-refractivity contribution in [2.24, 2.45) is 0 Å². The highest BCUT2D eigenvalue weighted by Crippen LogP contribution is 2.25. The van der Waals surface area contributed by atoms with Crippen molar-refractivity contribution in [2.45, 2.75) is 13.2 Å². The maximum Gasteiger partial charge on any atom is 0.124 e. The summed E-state index contributed by atoms with van der Waals surface area (Å²) in [6.45, 7) is 1.01. The van der Waals surface area contributed by atoms with Crippen LogP contribution in [0.5, 0.6) is 11.5 Å². The van der Waals surface area contributed by atoms with E-state index in [0.717, 1.165) is 22.6 Å². The van der Waals surface area contributed by atoms with Gasteiger partial charge in [0.05, 0.1) is 0 Å². The van der Waals surface area contributed by atoms with E-state index in [9.17, 15) is 5.11 Å². The van der Waals surface area contributed by atoms with Crippen molar-refractivity contribution >= 4 is 28.9 Å². The van der Waals surface area contributed by atoms with Gasteiger partial charge in [-0.1, -0.05) is 35.3 Å². The van der Waals surface area contributed by atoms with Gasteiger partial charge in [-0.25, -0.2) is 0 Å². The number of halogens is 2. The van der Waals surface area contributed by atoms with E-state index in [1.54, 1.807) is 12.1 Å². The molecule has 0 bridgehead atoms. The Morgan fingerprint density at radius 3 is 2.24 bits per heavy atom. The summed E-state index contributed by atoms with van der Waals surface area (Å²) in [6.07, 6.45) is 0. The highest BCUT2D eigenvalue weighted by atomic mass is 35.5. The van der Waals surface area contributed by atoms with Gasteiger partial charge >= 0.3 is 0 Å². The number of benzene rings is 3. The van der Waals surface area contributed by atoms with Crippen molar-refractivity contribution in [3.63, 3.8) is 0 Å². The van der Waals surface area contributed by atoms with Crippen LogP contribution in [0.3, 0.4) is 0 Å². The summed E-state index contributed by atoms with van der Waals surface area (Å²) in [5.41, 5.74) is 2.90. The van der Waals surface area contributed by atoms with E-state index < -0.39 is 0 Å². The van der Waals surface area contributed by atoms with Crippen LogP contribution in [0.4, 0.5) is 5.69 Å². The highest BCUT2D eigenvalue weighted by molar-refractivity contribution is 6.30. The smallest absolute Gasteiger partial charge is 0.124 e. The molecule has 2 N–H and O–H groups in total. The van der Waals surface area contributed by atoms with Crippen molar-refractivity contribution in [3.8, 4) is 11.5 Å². The second-order valence-corrected chi connectivity index (χ2v) is 6.44. The Morgan fingerprint density at radius 2 is 1.52 bits per heavy atom. The molecule has 0 aromatic heterocycles. The number of hydrogen-bond donors (Lipinski definition) is 2. The predicted molar refractivity (Wildman–Crippen MR) is 103 cm³/mol. The molecular weight excluding hydrogens is 357 g/mol. The summed E-state index contributed by atoms with van der Waals surface area (Å²) in [6, 6.07) is 20.0. The number of nitrogens with one attached hydrogen (secondary N) is 1. The Kier molecular flexibility index (Phi) is 5.69. The zero-order chi connectivity index (χ0) is 17.6. The van der Waals surface area contributed by atoms with Crippen LogP contribution in [-0.2, 0) is 13.2 Å². The first-order valence-corrected chi connectivity index (χ1v) is 8.54. The van der Waals surface area contributed by atoms with Gasteiger partial charge in [-0.15, -0.1) is 0 Å². The number of phenolic OH excluding ortho intramolecular Hbond substituents is 1. The first-order chi connectivity index (χ1) is 12.1. The average Bonchev–Trinajstić information content (AvgIpc) is 2.62. The quantitative estimate of drug-likeness (QED) is 0.529. The maximum absolute atomic E-state index is 9.34. The molecule has 0 aliphatic heterocycles. The molecule has 0 unspecified atom stereocenters. The molecule has 0 saturated carbocycles. The van der Waals surface area contributed by atoms with Crippen molar-refractivity contribution < 1.29 is 9.84 Å². The number of hydrogen-bond acceptors (Lipinski definition) is 3. The molecule has 3 aromatic rings. The van der Waals surface area contributed by atoms with Crippen LogP contribution >= 0.6 is 23.2 Å². The summed E-state index contributed by atoms with van der Waals surface area (Å²) in [5.74, 6) is 1.01. The van der Waals surface area contributed by atoms with Gasteiger partial charge in [0.1, 0.15) is 18.1 Å². The van der Waals surface area contributed by atoms with Crippen LogP contribution < -0.4 is 10.1 Å². The minimum Gasteiger partial charge on any atom is -0.508 e. The van der Waals surface area contributed by atoms with Crippen molar-refractivity contribution in [2.75, 3.05) is 5.32 Å². The van der Waals surface area contributed by atoms with E-state index in [0.29, 0.717) is 23.2 Å². The van der Waals surface area contributed by atoms with E-state index in [4.69, 9.17) is 27.9 Å². The van der Waals surface area contributed by atoms with Gasteiger partial charge in [0, 0.05) is 27.8 Å². The summed E-state index contributed by atoms with van der Waals surface area (Å²) >= 11 is 12.0. The fourth-order valence-corrected chi connectivity index (χ4v) is 2.67. The molecule has 3 rings (SSSR count). The minimum absolute atomic E-state index is 0.236. The van der Waals surface area contributed by atoms with E-state index in [2.05, 4.69) is 5.32 Å². The number of aromatic hydroxyl groups is 1. The molecule has 0 spiro atoms. The zero-order valence-corrected chi connectivity index (χ0v) is 14.9. The fraction of sp³-hybridized carbons (Fsp3) is 0.100. The summed E-state index contributed by atoms with van der Waals surface area (Å²) in [5, 5.41) is 14.0. The molecule has 3 nitrogen and oxygen atoms in total. The molecule has 5 heteroatoms. The zero-order valence-electron chi connectivity index (χ0n) is 13.4. The number of ether oxygens (including phenoxy) is 1. The number of phenols is 1. The molecule has 25 heavy (non-hydrogen) atoms. The predicted octanol–water partition coefficient (Wildman–Crippen LogP) is 5.89. The molecule has 0 radical (unpaired) electrons. The lowest BCUT2D eigenvalue weighted by Gasteiger charge is -2.14. The van der Waals surface area contributed by atoms with Crippen molar-refractivity contribution in [1.82, 2.24) is 0 Å². The third kappa shape index (κ3) is 5.05. The fourth-order valence-electron chi connectivity index (χ4n) is 2.35. The molecule has 0 heterocycles. The SMILES string of the molecule is Oc1ccc(NCc2cc(Cl)ccc2OCc2ccc(Cl)cc2)cc1. The van der Waals surface area contributed by atoms with E-state index in [1.807, 2.05) is 54.6 Å². The minimum atomic E-state index is 0.236. The molecule has 0 atom stereocenters. The Labute approximate surface area is 156 Å². The highest BCUT2D eigenvalue weighted by Gasteiger charge is 2.06. The third-order valence-corrected chi connectivity index (χ3v) is 4.17. The van der Waals surface area contributed by atoms with Crippen LogP contribution in [0.1, 0.15) is 11.1 Å². The summed E-state index contributed by atoms with van der Waals surface area (Å²) < 4.78 is 5.94. The van der Waals surface area contributed by atoms with Gasteiger partial charge in [-0.05, 0) is 60.2 Å². The summed E-state index contributed by atoms with van der Waals surface area (Å²) in [4.78, 5) is 0. The maximum atomic E-state index is 9.34. The molecule has 0 aliphatic carbocycles. The molecule has 0 amide bonds. The van der Waals surface area contributed by atoms with Gasteiger partial charge in [0.2, 0.25) is 0 Å². The first-order valence-electron chi connectivity index (χ1n) is 7.79. The molecule has 0 saturated heterocycles. The lowest BCUT2D eigenvalue weighted by atomic mass is 10.2. The Balaban J connectivity index is 1.69. The molecule has 0 fully saturated rings. The van der Waals surface area contributed by atoms with Crippen LogP contribution in [0.25, 0.3) is 0 Å².